The van der Waals surface area contributed by atoms with E-state index in [2.05, 4.69) is 180 Å². The summed E-state index contributed by atoms with van der Waals surface area (Å²) in [4.78, 5) is 11.3. The van der Waals surface area contributed by atoms with E-state index >= 15 is 0 Å². The van der Waals surface area contributed by atoms with Gasteiger partial charge in [-0.2, -0.15) is 0 Å². The number of hydrogen-bond donors (Lipinski definition) is 0. The van der Waals surface area contributed by atoms with Gasteiger partial charge in [0.1, 0.15) is 0 Å². The van der Waals surface area contributed by atoms with Crippen molar-refractivity contribution in [3.63, 3.8) is 0 Å². The Bertz CT molecular complexity index is 2930. The molecule has 0 fully saturated rings. The zero-order chi connectivity index (χ0) is 33.5. The van der Waals surface area contributed by atoms with Crippen LogP contribution in [0.25, 0.3) is 70.4 Å². The average Bonchev–Trinajstić information content (AvgIpc) is 3.84. The van der Waals surface area contributed by atoms with Crippen LogP contribution in [0.2, 0.25) is 0 Å². The summed E-state index contributed by atoms with van der Waals surface area (Å²) in [5, 5.41) is 5.05. The van der Waals surface area contributed by atoms with Crippen LogP contribution in [0, 0.1) is 0 Å². The predicted molar refractivity (Wildman–Crippen MR) is 217 cm³/mol. The summed E-state index contributed by atoms with van der Waals surface area (Å²) < 4.78 is 10.5. The van der Waals surface area contributed by atoms with Crippen molar-refractivity contribution in [1.29, 1.82) is 0 Å². The van der Waals surface area contributed by atoms with E-state index in [4.69, 9.17) is 9.97 Å². The third kappa shape index (κ3) is 4.06. The van der Waals surface area contributed by atoms with Crippen molar-refractivity contribution in [2.75, 3.05) is 0 Å². The molecule has 10 aromatic rings. The van der Waals surface area contributed by atoms with Gasteiger partial charge in [0.25, 0.3) is 0 Å². The molecule has 11 rings (SSSR count). The number of nitrogens with zero attached hydrogens (tertiary/aromatic N) is 3. The molecule has 0 aliphatic carbocycles. The van der Waals surface area contributed by atoms with Crippen LogP contribution in [0.1, 0.15) is 0 Å². The molecule has 51 heavy (non-hydrogen) atoms. The first-order valence-electron chi connectivity index (χ1n) is 17.3. The van der Waals surface area contributed by atoms with Crippen molar-refractivity contribution in [2.24, 2.45) is 0 Å². The van der Waals surface area contributed by atoms with Gasteiger partial charge in [-0.15, -0.1) is 0 Å². The molecule has 7 aromatic carbocycles. The van der Waals surface area contributed by atoms with Gasteiger partial charge in [0.15, 0.2) is 0 Å². The second-order valence-corrected chi connectivity index (χ2v) is 22.1. The molecular weight excluding hydrogens is 699 g/mol. The third-order valence-electron chi connectivity index (χ3n) is 10.7. The first-order valence-corrected chi connectivity index (χ1v) is 22.4. The Hall–Kier alpha value is -5.82. The molecule has 1 aliphatic rings. The second-order valence-electron chi connectivity index (χ2n) is 13.3. The summed E-state index contributed by atoms with van der Waals surface area (Å²) in [7, 11) is 0. The van der Waals surface area contributed by atoms with Crippen molar-refractivity contribution >= 4 is 84.2 Å². The van der Waals surface area contributed by atoms with E-state index in [0.29, 0.717) is 0 Å². The topological polar surface area (TPSA) is 30.7 Å². The molecule has 0 spiro atoms. The quantitative estimate of drug-likeness (QED) is 0.170. The van der Waals surface area contributed by atoms with E-state index in [1.807, 2.05) is 11.3 Å². The van der Waals surface area contributed by atoms with Gasteiger partial charge in [-0.3, -0.25) is 0 Å². The van der Waals surface area contributed by atoms with Gasteiger partial charge in [-0.25, -0.2) is 0 Å². The molecular formula is C46H29GeN3S. The zero-order valence-electron chi connectivity index (χ0n) is 27.5. The minimum atomic E-state index is -3.75. The summed E-state index contributed by atoms with van der Waals surface area (Å²) in [6.45, 7) is 0. The Kier molecular flexibility index (Phi) is 6.30. The standard InChI is InChI=1S/C46H29GeN3S/c1-4-16-30(17-5-1)45-48-44-35-24-10-13-25-38(35)47(31-18-6-2-7-19-31,32-20-8-3-9-21-32)43(44)46(49-45)50-39-26-14-11-22-33(39)36-29-42-37(28-40(36)50)34-23-12-15-27-41(34)51-42/h1-29H. The van der Waals surface area contributed by atoms with E-state index in [-0.39, 0.29) is 0 Å². The molecule has 0 radical (unpaired) electrons. The monoisotopic (exact) mass is 729 g/mol. The van der Waals surface area contributed by atoms with E-state index in [0.717, 1.165) is 28.4 Å². The molecule has 3 nitrogen and oxygen atoms in total. The van der Waals surface area contributed by atoms with Crippen LogP contribution >= 0.6 is 11.3 Å². The van der Waals surface area contributed by atoms with Crippen molar-refractivity contribution in [3.05, 3.63) is 176 Å². The Morgan fingerprint density at radius 2 is 1.10 bits per heavy atom. The predicted octanol–water partition coefficient (Wildman–Crippen LogP) is 8.97. The van der Waals surface area contributed by atoms with Gasteiger partial charge in [-0.05, 0) is 0 Å². The van der Waals surface area contributed by atoms with Gasteiger partial charge in [0, 0.05) is 0 Å². The Morgan fingerprint density at radius 3 is 1.86 bits per heavy atom. The number of rotatable bonds is 4. The molecule has 3 aromatic heterocycles. The molecule has 0 saturated carbocycles. The number of fused-ring (bicyclic) bond motifs is 9. The van der Waals surface area contributed by atoms with Gasteiger partial charge >= 0.3 is 303 Å². The Morgan fingerprint density at radius 1 is 0.471 bits per heavy atom. The molecule has 4 heterocycles. The number of hydrogen-bond acceptors (Lipinski definition) is 3. The van der Waals surface area contributed by atoms with Crippen LogP contribution in [0.5, 0.6) is 0 Å². The van der Waals surface area contributed by atoms with Crippen LogP contribution < -0.4 is 17.6 Å². The number of aromatic nitrogens is 3. The summed E-state index contributed by atoms with van der Waals surface area (Å²) >= 11 is -1.88. The van der Waals surface area contributed by atoms with E-state index in [1.54, 1.807) is 0 Å². The fourth-order valence-corrected chi connectivity index (χ4v) is 20.6. The molecule has 0 bridgehead atoms. The molecule has 0 amide bonds. The Balaban J connectivity index is 1.37. The molecule has 5 heteroatoms. The van der Waals surface area contributed by atoms with Crippen molar-refractivity contribution in [3.8, 4) is 28.5 Å². The number of benzene rings is 7. The minimum absolute atomic E-state index is 0.742. The van der Waals surface area contributed by atoms with Gasteiger partial charge < -0.3 is 0 Å². The molecule has 0 atom stereocenters. The first kappa shape index (κ1) is 29.0. The fourth-order valence-electron chi connectivity index (χ4n) is 8.58. The number of thiophene rings is 1. The molecule has 0 unspecified atom stereocenters. The zero-order valence-corrected chi connectivity index (χ0v) is 30.4. The first-order chi connectivity index (χ1) is 25.3. The van der Waals surface area contributed by atoms with Crippen molar-refractivity contribution in [1.82, 2.24) is 14.5 Å². The van der Waals surface area contributed by atoms with E-state index in [1.165, 1.54) is 59.6 Å². The van der Waals surface area contributed by atoms with Crippen LogP contribution in [-0.2, 0) is 0 Å². The van der Waals surface area contributed by atoms with Crippen LogP contribution in [0.15, 0.2) is 176 Å². The SMILES string of the molecule is c1ccc(-c2nc3[c](c(-n4c5ccccc5c5cc6sc7ccccc7c6cc54)n2)[Ge]([c]2ccccc2)([c]2ccccc2)[c]2ccccc2-3)cc1. The third-order valence-corrected chi connectivity index (χ3v) is 22.0. The summed E-state index contributed by atoms with van der Waals surface area (Å²) in [5.74, 6) is 1.72. The van der Waals surface area contributed by atoms with Crippen LogP contribution in [0.4, 0.5) is 0 Å². The van der Waals surface area contributed by atoms with Crippen LogP contribution in [-0.4, -0.2) is 27.8 Å². The summed E-state index contributed by atoms with van der Waals surface area (Å²) in [6.07, 6.45) is 0. The average molecular weight is 728 g/mol. The summed E-state index contributed by atoms with van der Waals surface area (Å²) in [5.41, 5.74) is 5.60. The van der Waals surface area contributed by atoms with Gasteiger partial charge in [-0.1, -0.05) is 0 Å². The van der Waals surface area contributed by atoms with Crippen LogP contribution in [0.3, 0.4) is 0 Å². The second kappa shape index (κ2) is 11.1. The fraction of sp³-hybridized carbons (Fsp3) is 0. The Labute approximate surface area is 301 Å². The molecule has 238 valence electrons. The molecule has 0 N–H and O–H groups in total. The molecule has 1 aliphatic heterocycles. The van der Waals surface area contributed by atoms with Gasteiger partial charge in [0.2, 0.25) is 0 Å². The normalized spacial score (nSPS) is 13.3. The maximum absolute atomic E-state index is 5.72. The van der Waals surface area contributed by atoms with Gasteiger partial charge in [0.05, 0.1) is 0 Å². The maximum atomic E-state index is 5.72. The van der Waals surface area contributed by atoms with E-state index in [9.17, 15) is 0 Å². The van der Waals surface area contributed by atoms with Crippen molar-refractivity contribution < 1.29 is 0 Å². The van der Waals surface area contributed by atoms with E-state index < -0.39 is 13.3 Å². The molecule has 0 saturated heterocycles. The number of para-hydroxylation sites is 1. The summed E-state index contributed by atoms with van der Waals surface area (Å²) in [6, 6.07) is 64.4. The van der Waals surface area contributed by atoms with Crippen molar-refractivity contribution in [2.45, 2.75) is 0 Å².